The number of amides is 2. The van der Waals surface area contributed by atoms with Gasteiger partial charge in [0.2, 0.25) is 0 Å². The van der Waals surface area contributed by atoms with Crippen molar-refractivity contribution in [2.24, 2.45) is 5.92 Å². The van der Waals surface area contributed by atoms with Crippen LogP contribution in [0.1, 0.15) is 156 Å². The van der Waals surface area contributed by atoms with Crippen molar-refractivity contribution in [3.05, 3.63) is 148 Å². The Morgan fingerprint density at radius 1 is 0.568 bits per heavy atom. The molecule has 5 aromatic carbocycles. The van der Waals surface area contributed by atoms with Crippen LogP contribution in [0.4, 0.5) is 9.59 Å². The summed E-state index contributed by atoms with van der Waals surface area (Å²) in [5.74, 6) is 1.97. The van der Waals surface area contributed by atoms with Crippen molar-refractivity contribution < 1.29 is 63.9 Å². The molecule has 16 heteroatoms. The minimum atomic E-state index is -0.871. The van der Waals surface area contributed by atoms with Crippen LogP contribution in [0.15, 0.2) is 109 Å². The van der Waals surface area contributed by atoms with E-state index >= 15 is 0 Å². The van der Waals surface area contributed by atoms with Crippen LogP contribution in [-0.4, -0.2) is 120 Å². The van der Waals surface area contributed by atoms with E-state index in [0.29, 0.717) is 42.1 Å². The lowest BCUT2D eigenvalue weighted by atomic mass is 9.93. The summed E-state index contributed by atoms with van der Waals surface area (Å²) in [7, 11) is 9.48. The van der Waals surface area contributed by atoms with Crippen molar-refractivity contribution in [1.29, 1.82) is 0 Å². The monoisotopic (exact) mass is 1130 g/mol. The second-order valence-corrected chi connectivity index (χ2v) is 22.0. The summed E-state index contributed by atoms with van der Waals surface area (Å²) in [6.45, 7) is 10.3. The highest BCUT2D eigenvalue weighted by Gasteiger charge is 2.19. The standard InChI is InChI=1S/C26H38O4.C21H28O4.C18H29N3O5/c27-21-24-20-23(16-17-26(24)29)25(28)15-8-3-1-2-4-10-18-30-19-11-9-14-22-12-6-5-7-13-22;1-15(12-16-5-8-19(25-3)9-6-16)4-10-20(22)17-7-11-21(23)18(13-17)14-24-2;1-18(2,3)19-11-15(22)12-8-13(25-16(23)20(4)5)10-14(9-12)26-17(24)21(6)7/h5-7,12-13,16-17,20,25,27-29H,1-4,8-11,14-15,18-19,21H2;5-9,11,13,15,20,22-23H,4,10,12,14H2,1-3H3;8-10,15,19,22H,11H2,1-7H3/t;15-,20-;/m.0./s1. The second kappa shape index (κ2) is 37.7. The highest BCUT2D eigenvalue weighted by atomic mass is 16.6. The van der Waals surface area contributed by atoms with Gasteiger partial charge in [0.1, 0.15) is 28.7 Å². The number of unbranched alkanes of at least 4 members (excludes halogenated alkanes) is 6. The summed E-state index contributed by atoms with van der Waals surface area (Å²) in [6.07, 6.45) is 10.5. The third-order valence-corrected chi connectivity index (χ3v) is 13.2. The van der Waals surface area contributed by atoms with Crippen LogP contribution in [0.2, 0.25) is 0 Å². The average Bonchev–Trinajstić information content (AvgIpc) is 3.44. The number of nitrogens with one attached hydrogen (secondary N) is 1. The molecule has 5 rings (SSSR count). The zero-order valence-corrected chi connectivity index (χ0v) is 49.9. The van der Waals surface area contributed by atoms with Crippen molar-refractivity contribution >= 4 is 12.2 Å². The van der Waals surface area contributed by atoms with Crippen molar-refractivity contribution in [3.63, 3.8) is 0 Å². The van der Waals surface area contributed by atoms with E-state index in [1.807, 2.05) is 39.0 Å². The first-order chi connectivity index (χ1) is 38.6. The molecular weight excluding hydrogens is 1030 g/mol. The summed E-state index contributed by atoms with van der Waals surface area (Å²) in [6, 6.07) is 33.4. The number of methoxy groups -OCH3 is 2. The van der Waals surface area contributed by atoms with E-state index in [1.165, 1.54) is 58.7 Å². The van der Waals surface area contributed by atoms with E-state index < -0.39 is 30.5 Å². The van der Waals surface area contributed by atoms with E-state index in [0.717, 1.165) is 75.0 Å². The van der Waals surface area contributed by atoms with E-state index in [-0.39, 0.29) is 41.7 Å². The Balaban J connectivity index is 0.000000321. The Kier molecular flexibility index (Phi) is 32.1. The number of aliphatic hydroxyl groups is 4. The van der Waals surface area contributed by atoms with Gasteiger partial charge in [-0.05, 0) is 154 Å². The summed E-state index contributed by atoms with van der Waals surface area (Å²) in [4.78, 5) is 26.2. The highest BCUT2D eigenvalue weighted by molar-refractivity contribution is 5.72. The van der Waals surface area contributed by atoms with E-state index in [9.17, 15) is 40.2 Å². The zero-order valence-electron chi connectivity index (χ0n) is 49.9. The van der Waals surface area contributed by atoms with Gasteiger partial charge in [0.15, 0.2) is 0 Å². The second-order valence-electron chi connectivity index (χ2n) is 22.0. The Bertz CT molecular complexity index is 2500. The lowest BCUT2D eigenvalue weighted by Crippen LogP contribution is -2.38. The summed E-state index contributed by atoms with van der Waals surface area (Å²) >= 11 is 0. The van der Waals surface area contributed by atoms with Crippen molar-refractivity contribution in [1.82, 2.24) is 15.1 Å². The molecule has 0 saturated carbocycles. The maximum atomic E-state index is 11.8. The van der Waals surface area contributed by atoms with Crippen molar-refractivity contribution in [2.45, 2.75) is 148 Å². The van der Waals surface area contributed by atoms with Gasteiger partial charge in [-0.1, -0.05) is 93.6 Å². The Morgan fingerprint density at radius 2 is 1.10 bits per heavy atom. The third kappa shape index (κ3) is 28.3. The van der Waals surface area contributed by atoms with Crippen LogP contribution < -0.4 is 19.5 Å². The van der Waals surface area contributed by atoms with Gasteiger partial charge in [-0.25, -0.2) is 9.59 Å². The average molecular weight is 1130 g/mol. The predicted molar refractivity (Wildman–Crippen MR) is 319 cm³/mol. The van der Waals surface area contributed by atoms with Crippen molar-refractivity contribution in [2.75, 3.05) is 62.2 Å². The number of phenolic OH excluding ortho intramolecular Hbond substituents is 1. The number of ether oxygens (including phenoxy) is 5. The van der Waals surface area contributed by atoms with Crippen molar-refractivity contribution in [3.8, 4) is 28.7 Å². The normalized spacial score (nSPS) is 12.6. The summed E-state index contributed by atoms with van der Waals surface area (Å²) < 4.78 is 26.5. The Labute approximate surface area is 482 Å². The number of rotatable bonds is 30. The quantitative estimate of drug-likeness (QED) is 0.0213. The molecule has 0 fully saturated rings. The van der Waals surface area contributed by atoms with Gasteiger partial charge in [-0.15, -0.1) is 0 Å². The van der Waals surface area contributed by atoms with Gasteiger partial charge in [-0.2, -0.15) is 0 Å². The number of carbonyl (C=O) groups is 2. The topological polar surface area (TPSA) is 220 Å². The molecule has 2 unspecified atom stereocenters. The van der Waals surface area contributed by atoms with Crippen LogP contribution in [0.3, 0.4) is 0 Å². The van der Waals surface area contributed by atoms with Crippen LogP contribution in [0.25, 0.3) is 0 Å². The van der Waals surface area contributed by atoms with Crippen LogP contribution >= 0.6 is 0 Å². The van der Waals surface area contributed by atoms with Gasteiger partial charge < -0.3 is 69.4 Å². The molecule has 0 spiro atoms. The molecule has 4 atom stereocenters. The van der Waals surface area contributed by atoms with Gasteiger partial charge in [0.25, 0.3) is 0 Å². The Morgan fingerprint density at radius 3 is 1.64 bits per heavy atom. The molecular formula is C65H95N3O13. The highest BCUT2D eigenvalue weighted by Crippen LogP contribution is 2.30. The number of aryl methyl sites for hydroxylation is 1. The molecule has 0 aliphatic carbocycles. The number of carbonyl (C=O) groups excluding carboxylic acids is 2. The molecule has 0 aliphatic rings. The van der Waals surface area contributed by atoms with Crippen LogP contribution in [0, 0.1) is 5.92 Å². The number of phenols is 2. The Hall–Kier alpha value is -6.24. The van der Waals surface area contributed by atoms with Gasteiger partial charge >= 0.3 is 12.2 Å². The molecule has 0 saturated heterocycles. The molecule has 5 aromatic rings. The molecule has 16 nitrogen and oxygen atoms in total. The number of hydrogen-bond donors (Lipinski definition) is 7. The number of β-amino-alcohol motifs (C(OH)–C–C–N with tert-alkyl or cyclic N) is 1. The number of aromatic hydroxyl groups is 2. The lowest BCUT2D eigenvalue weighted by Gasteiger charge is -2.23. The number of nitrogens with zero attached hydrogens (tertiary/aromatic N) is 2. The fourth-order valence-corrected chi connectivity index (χ4v) is 8.40. The number of aliphatic hydroxyl groups excluding tert-OH is 4. The third-order valence-electron chi connectivity index (χ3n) is 13.2. The van der Waals surface area contributed by atoms with Gasteiger partial charge in [-0.3, -0.25) is 0 Å². The summed E-state index contributed by atoms with van der Waals surface area (Å²) in [5, 5.41) is 63.0. The van der Waals surface area contributed by atoms with E-state index in [2.05, 4.69) is 54.7 Å². The smallest absolute Gasteiger partial charge is 0.414 e. The van der Waals surface area contributed by atoms with Crippen LogP contribution in [0.5, 0.6) is 28.7 Å². The number of hydrogen-bond acceptors (Lipinski definition) is 14. The molecule has 0 bridgehead atoms. The number of benzene rings is 5. The van der Waals surface area contributed by atoms with E-state index in [1.54, 1.807) is 78.8 Å². The first kappa shape index (κ1) is 69.0. The minimum Gasteiger partial charge on any atom is -0.508 e. The summed E-state index contributed by atoms with van der Waals surface area (Å²) in [5.41, 5.74) is 5.72. The fraction of sp³-hybridized carbons (Fsp3) is 0.508. The first-order valence-corrected chi connectivity index (χ1v) is 28.3. The molecule has 0 aromatic heterocycles. The van der Waals surface area contributed by atoms with Gasteiger partial charge in [0, 0.05) is 77.8 Å². The molecule has 0 aliphatic heterocycles. The molecule has 0 radical (unpaired) electrons. The lowest BCUT2D eigenvalue weighted by molar-refractivity contribution is 0.126. The van der Waals surface area contributed by atoms with E-state index in [4.69, 9.17) is 23.7 Å². The fourth-order valence-electron chi connectivity index (χ4n) is 8.40. The molecule has 81 heavy (non-hydrogen) atoms. The molecule has 7 N–H and O–H groups in total. The largest absolute Gasteiger partial charge is 0.508 e. The predicted octanol–water partition coefficient (Wildman–Crippen LogP) is 12.2. The van der Waals surface area contributed by atoms with Crippen LogP contribution in [-0.2, 0) is 35.5 Å². The first-order valence-electron chi connectivity index (χ1n) is 28.3. The molecule has 2 amide bonds. The van der Waals surface area contributed by atoms with Gasteiger partial charge in [0.05, 0.1) is 38.6 Å². The zero-order chi connectivity index (χ0) is 59.7. The molecule has 0 heterocycles. The minimum absolute atomic E-state index is 0.0737. The molecule has 448 valence electrons. The maximum absolute atomic E-state index is 11.8. The maximum Gasteiger partial charge on any atom is 0.414 e. The SMILES string of the molecule is CN(C)C(=O)Oc1cc(OC(=O)N(C)C)cc(C(O)CNC(C)(C)C)c1.COCc1cc([C@@H](O)CC[C@H](C)Cc2ccc(OC)cc2)ccc1O.OCc1cc(C(O)CCCCCCCCOCCCCc2ccccc2)ccc1O.